The van der Waals surface area contributed by atoms with Crippen molar-refractivity contribution < 1.29 is 14.3 Å². The Labute approximate surface area is 127 Å². The number of ether oxygens (including phenoxy) is 1. The zero-order valence-corrected chi connectivity index (χ0v) is 12.4. The molecule has 2 bridgehead atoms. The Morgan fingerprint density at radius 1 is 1.38 bits per heavy atom. The van der Waals surface area contributed by atoms with E-state index in [2.05, 4.69) is 5.32 Å². The first-order valence-electron chi connectivity index (χ1n) is 7.32. The van der Waals surface area contributed by atoms with Gasteiger partial charge in [-0.3, -0.25) is 9.59 Å². The van der Waals surface area contributed by atoms with Crippen molar-refractivity contribution in [1.29, 1.82) is 0 Å². The smallest absolute Gasteiger partial charge is 0.310 e. The predicted molar refractivity (Wildman–Crippen MR) is 77.9 cm³/mol. The van der Waals surface area contributed by atoms with Crippen molar-refractivity contribution in [1.82, 2.24) is 0 Å². The number of hydrogen-bond acceptors (Lipinski definition) is 3. The molecule has 1 saturated heterocycles. The van der Waals surface area contributed by atoms with Gasteiger partial charge in [0, 0.05) is 16.6 Å². The van der Waals surface area contributed by atoms with Crippen molar-refractivity contribution in [3.05, 3.63) is 28.8 Å². The van der Waals surface area contributed by atoms with Crippen LogP contribution in [0.2, 0.25) is 5.02 Å². The van der Waals surface area contributed by atoms with E-state index < -0.39 is 0 Å². The summed E-state index contributed by atoms with van der Waals surface area (Å²) >= 11 is 6.08. The van der Waals surface area contributed by atoms with E-state index in [1.807, 2.05) is 19.1 Å². The quantitative estimate of drug-likeness (QED) is 0.855. The van der Waals surface area contributed by atoms with Gasteiger partial charge in [0.1, 0.15) is 6.10 Å². The van der Waals surface area contributed by atoms with Crippen molar-refractivity contribution >= 4 is 29.2 Å². The summed E-state index contributed by atoms with van der Waals surface area (Å²) in [6.07, 6.45) is 1.83. The van der Waals surface area contributed by atoms with Crippen LogP contribution in [0.1, 0.15) is 18.4 Å². The third kappa shape index (κ3) is 1.81. The summed E-state index contributed by atoms with van der Waals surface area (Å²) in [5, 5.41) is 3.58. The molecule has 0 spiro atoms. The standard InChI is InChI=1S/C16H16ClNO3/c1-7-10(17)3-2-4-11(7)18-15(19)13-8-5-9-12(6-8)21-16(20)14(9)13/h2-4,8-9,12-14H,5-6H2,1H3,(H,18,19)/t8-,9+,12+,13-,14-/m1/s1. The number of benzene rings is 1. The second-order valence-electron chi connectivity index (χ2n) is 6.32. The minimum absolute atomic E-state index is 0.0597. The van der Waals surface area contributed by atoms with E-state index >= 15 is 0 Å². The molecule has 110 valence electrons. The number of fused-ring (bicyclic) bond motifs is 1. The van der Waals surface area contributed by atoms with Crippen molar-refractivity contribution in [2.75, 3.05) is 5.32 Å². The molecule has 0 aromatic heterocycles. The highest BCUT2D eigenvalue weighted by molar-refractivity contribution is 6.31. The summed E-state index contributed by atoms with van der Waals surface area (Å²) in [5.74, 6) is -0.231. The van der Waals surface area contributed by atoms with Gasteiger partial charge in [0.05, 0.1) is 11.8 Å². The van der Waals surface area contributed by atoms with Gasteiger partial charge in [0.25, 0.3) is 0 Å². The Morgan fingerprint density at radius 3 is 3.00 bits per heavy atom. The summed E-state index contributed by atoms with van der Waals surface area (Å²) in [4.78, 5) is 24.6. The van der Waals surface area contributed by atoms with Gasteiger partial charge in [-0.2, -0.15) is 0 Å². The predicted octanol–water partition coefficient (Wildman–Crippen LogP) is 2.78. The summed E-state index contributed by atoms with van der Waals surface area (Å²) < 4.78 is 5.37. The lowest BCUT2D eigenvalue weighted by Crippen LogP contribution is -2.36. The van der Waals surface area contributed by atoms with Crippen LogP contribution >= 0.6 is 11.6 Å². The Kier molecular flexibility index (Phi) is 2.80. The van der Waals surface area contributed by atoms with Crippen molar-refractivity contribution in [3.63, 3.8) is 0 Å². The Balaban J connectivity index is 1.59. The SMILES string of the molecule is Cc1c(Cl)cccc1NC(=O)[C@@H]1[C@@H]2C[C@@H]3[C@H]1C(=O)O[C@H]3C2. The largest absolute Gasteiger partial charge is 0.462 e. The molecule has 1 heterocycles. The summed E-state index contributed by atoms with van der Waals surface area (Å²) in [6.45, 7) is 1.87. The lowest BCUT2D eigenvalue weighted by molar-refractivity contribution is -0.145. The summed E-state index contributed by atoms with van der Waals surface area (Å²) in [7, 11) is 0. The van der Waals surface area contributed by atoms with E-state index in [0.29, 0.717) is 5.02 Å². The van der Waals surface area contributed by atoms with Gasteiger partial charge in [0.15, 0.2) is 0 Å². The number of rotatable bonds is 2. The molecule has 0 radical (unpaired) electrons. The lowest BCUT2D eigenvalue weighted by atomic mass is 9.79. The van der Waals surface area contributed by atoms with Gasteiger partial charge < -0.3 is 10.1 Å². The third-order valence-corrected chi connectivity index (χ3v) is 5.72. The number of anilines is 1. The molecule has 1 amide bonds. The molecule has 21 heavy (non-hydrogen) atoms. The van der Waals surface area contributed by atoms with Crippen molar-refractivity contribution in [2.24, 2.45) is 23.7 Å². The highest BCUT2D eigenvalue weighted by Crippen LogP contribution is 2.57. The van der Waals surface area contributed by atoms with E-state index in [4.69, 9.17) is 16.3 Å². The fourth-order valence-corrected chi connectivity index (χ4v) is 4.50. The zero-order valence-electron chi connectivity index (χ0n) is 11.6. The number of amides is 1. The molecule has 3 aliphatic rings. The van der Waals surface area contributed by atoms with Crippen LogP contribution in [0.25, 0.3) is 0 Å². The highest BCUT2D eigenvalue weighted by Gasteiger charge is 2.63. The van der Waals surface area contributed by atoms with Crippen LogP contribution in [0, 0.1) is 30.6 Å². The number of carbonyl (C=O) groups is 2. The molecule has 5 atom stereocenters. The number of hydrogen-bond donors (Lipinski definition) is 1. The van der Waals surface area contributed by atoms with E-state index in [0.717, 1.165) is 24.1 Å². The van der Waals surface area contributed by atoms with Gasteiger partial charge in [-0.1, -0.05) is 17.7 Å². The number of esters is 1. The second-order valence-corrected chi connectivity index (χ2v) is 6.73. The first kappa shape index (κ1) is 13.1. The van der Waals surface area contributed by atoms with E-state index in [1.165, 1.54) is 0 Å². The first-order valence-corrected chi connectivity index (χ1v) is 7.70. The van der Waals surface area contributed by atoms with Crippen molar-refractivity contribution in [2.45, 2.75) is 25.9 Å². The van der Waals surface area contributed by atoms with E-state index in [9.17, 15) is 9.59 Å². The normalized spacial score (nSPS) is 35.9. The molecule has 0 unspecified atom stereocenters. The third-order valence-electron chi connectivity index (χ3n) is 5.31. The molecule has 4 rings (SSSR count). The highest BCUT2D eigenvalue weighted by atomic mass is 35.5. The fraction of sp³-hybridized carbons (Fsp3) is 0.500. The maximum Gasteiger partial charge on any atom is 0.310 e. The van der Waals surface area contributed by atoms with Gasteiger partial charge in [0.2, 0.25) is 5.91 Å². The van der Waals surface area contributed by atoms with Crippen LogP contribution in [0.15, 0.2) is 18.2 Å². The lowest BCUT2D eigenvalue weighted by Gasteiger charge is -2.24. The molecular weight excluding hydrogens is 290 g/mol. The number of halogens is 1. The maximum atomic E-state index is 12.6. The van der Waals surface area contributed by atoms with E-state index in [-0.39, 0.29) is 41.7 Å². The Morgan fingerprint density at radius 2 is 2.19 bits per heavy atom. The molecule has 5 heteroatoms. The number of nitrogens with one attached hydrogen (secondary N) is 1. The second kappa shape index (κ2) is 4.47. The van der Waals surface area contributed by atoms with Crippen LogP contribution in [0.3, 0.4) is 0 Å². The topological polar surface area (TPSA) is 55.4 Å². The summed E-state index contributed by atoms with van der Waals surface area (Å²) in [6, 6.07) is 5.44. The summed E-state index contributed by atoms with van der Waals surface area (Å²) in [5.41, 5.74) is 1.57. The van der Waals surface area contributed by atoms with Gasteiger partial charge in [-0.15, -0.1) is 0 Å². The average Bonchev–Trinajstić information content (AvgIpc) is 3.05. The van der Waals surface area contributed by atoms with Crippen molar-refractivity contribution in [3.8, 4) is 0 Å². The molecular formula is C16H16ClNO3. The first-order chi connectivity index (χ1) is 10.1. The number of carbonyl (C=O) groups excluding carboxylic acids is 2. The van der Waals surface area contributed by atoms with Crippen LogP contribution in [0.5, 0.6) is 0 Å². The van der Waals surface area contributed by atoms with Gasteiger partial charge in [-0.25, -0.2) is 0 Å². The minimum Gasteiger partial charge on any atom is -0.462 e. The van der Waals surface area contributed by atoms with Gasteiger partial charge >= 0.3 is 5.97 Å². The maximum absolute atomic E-state index is 12.6. The zero-order chi connectivity index (χ0) is 14.7. The molecule has 1 aliphatic heterocycles. The monoisotopic (exact) mass is 305 g/mol. The van der Waals surface area contributed by atoms with E-state index in [1.54, 1.807) is 6.07 Å². The van der Waals surface area contributed by atoms with Crippen LogP contribution < -0.4 is 5.32 Å². The Bertz CT molecular complexity index is 642. The Hall–Kier alpha value is -1.55. The minimum atomic E-state index is -0.250. The molecule has 1 aromatic carbocycles. The molecule has 2 aliphatic carbocycles. The van der Waals surface area contributed by atoms with Gasteiger partial charge in [-0.05, 0) is 43.4 Å². The molecule has 4 nitrogen and oxygen atoms in total. The average molecular weight is 306 g/mol. The van der Waals surface area contributed by atoms with Crippen LogP contribution in [-0.2, 0) is 14.3 Å². The molecule has 1 N–H and O–H groups in total. The molecule has 2 saturated carbocycles. The fourth-order valence-electron chi connectivity index (χ4n) is 4.32. The van der Waals surface area contributed by atoms with Crippen LogP contribution in [-0.4, -0.2) is 18.0 Å². The molecule has 1 aromatic rings. The van der Waals surface area contributed by atoms with Crippen LogP contribution in [0.4, 0.5) is 5.69 Å². The molecule has 3 fully saturated rings.